The van der Waals surface area contributed by atoms with E-state index in [9.17, 15) is 18.8 Å². The minimum absolute atomic E-state index is 0.0339. The number of aromatic amines is 1. The van der Waals surface area contributed by atoms with Gasteiger partial charge < -0.3 is 14.8 Å². The van der Waals surface area contributed by atoms with E-state index in [1.165, 1.54) is 24.4 Å². The summed E-state index contributed by atoms with van der Waals surface area (Å²) in [5.41, 5.74) is 1.23. The van der Waals surface area contributed by atoms with E-state index in [0.717, 1.165) is 0 Å². The number of amides is 2. The zero-order valence-corrected chi connectivity index (χ0v) is 19.7. The molecule has 3 heterocycles. The van der Waals surface area contributed by atoms with E-state index in [-0.39, 0.29) is 39.5 Å². The van der Waals surface area contributed by atoms with Crippen molar-refractivity contribution < 1.29 is 14.0 Å². The minimum Gasteiger partial charge on any atom is -0.339 e. The number of carbonyl (C=O) groups is 2. The molecule has 1 aromatic carbocycles. The molecule has 1 N–H and O–H groups in total. The first-order chi connectivity index (χ1) is 15.7. The van der Waals surface area contributed by atoms with E-state index in [1.807, 2.05) is 13.8 Å². The molecule has 3 aromatic rings. The Hall–Kier alpha value is -2.84. The van der Waals surface area contributed by atoms with Crippen molar-refractivity contribution in [1.82, 2.24) is 19.2 Å². The highest BCUT2D eigenvalue weighted by Crippen LogP contribution is 2.27. The maximum absolute atomic E-state index is 14.6. The summed E-state index contributed by atoms with van der Waals surface area (Å²) >= 11 is 12.4. The fourth-order valence-corrected chi connectivity index (χ4v) is 4.48. The van der Waals surface area contributed by atoms with Crippen LogP contribution in [-0.4, -0.2) is 57.2 Å². The fraction of sp³-hybridized carbons (Fsp3) is 0.348. The first-order valence-corrected chi connectivity index (χ1v) is 11.4. The van der Waals surface area contributed by atoms with Crippen LogP contribution in [0.1, 0.15) is 35.5 Å². The molecule has 0 bridgehead atoms. The normalized spacial score (nSPS) is 14.4. The summed E-state index contributed by atoms with van der Waals surface area (Å²) in [6, 6.07) is 5.84. The van der Waals surface area contributed by atoms with E-state index in [1.54, 1.807) is 20.3 Å². The molecule has 2 aromatic heterocycles. The van der Waals surface area contributed by atoms with E-state index in [4.69, 9.17) is 23.2 Å². The van der Waals surface area contributed by atoms with Crippen molar-refractivity contribution in [2.24, 2.45) is 5.92 Å². The van der Waals surface area contributed by atoms with Crippen molar-refractivity contribution in [3.05, 3.63) is 73.6 Å². The SMILES string of the molecule is CC(C)C(=O)N1CCN(C(=O)c2cc(Cc3c[nH]c(=O)c4cc(Cl)c(Cl)n34)ccc2F)CC1. The zero-order valence-electron chi connectivity index (χ0n) is 18.2. The molecule has 7 nitrogen and oxygen atoms in total. The monoisotopic (exact) mass is 492 g/mol. The van der Waals surface area contributed by atoms with Crippen molar-refractivity contribution in [1.29, 1.82) is 0 Å². The topological polar surface area (TPSA) is 77.9 Å². The highest BCUT2D eigenvalue weighted by molar-refractivity contribution is 6.42. The van der Waals surface area contributed by atoms with Gasteiger partial charge in [0.25, 0.3) is 11.5 Å². The van der Waals surface area contributed by atoms with Gasteiger partial charge >= 0.3 is 0 Å². The van der Waals surface area contributed by atoms with Gasteiger partial charge in [0, 0.05) is 50.4 Å². The van der Waals surface area contributed by atoms with Crippen LogP contribution >= 0.6 is 23.2 Å². The molecule has 0 unspecified atom stereocenters. The van der Waals surface area contributed by atoms with Crippen LogP contribution in [0, 0.1) is 11.7 Å². The number of halogens is 3. The van der Waals surface area contributed by atoms with Crippen LogP contribution in [0.4, 0.5) is 4.39 Å². The lowest BCUT2D eigenvalue weighted by atomic mass is 10.0. The quantitative estimate of drug-likeness (QED) is 0.604. The number of H-pyrrole nitrogens is 1. The smallest absolute Gasteiger partial charge is 0.272 e. The summed E-state index contributed by atoms with van der Waals surface area (Å²) < 4.78 is 16.1. The number of fused-ring (bicyclic) bond motifs is 1. The molecule has 0 radical (unpaired) electrons. The number of piperazine rings is 1. The number of nitrogens with one attached hydrogen (secondary N) is 1. The Labute approximate surface area is 199 Å². The van der Waals surface area contributed by atoms with Gasteiger partial charge in [0.2, 0.25) is 5.91 Å². The Morgan fingerprint density at radius 3 is 2.42 bits per heavy atom. The highest BCUT2D eigenvalue weighted by Gasteiger charge is 2.27. The molecule has 0 spiro atoms. The molecule has 4 rings (SSSR count). The molecule has 1 aliphatic rings. The molecule has 0 saturated carbocycles. The first-order valence-electron chi connectivity index (χ1n) is 10.6. The summed E-state index contributed by atoms with van der Waals surface area (Å²) in [6.45, 7) is 5.22. The van der Waals surface area contributed by atoms with E-state index >= 15 is 0 Å². The average Bonchev–Trinajstić information content (AvgIpc) is 3.11. The number of aromatic nitrogens is 2. The van der Waals surface area contributed by atoms with Crippen LogP contribution < -0.4 is 5.56 Å². The van der Waals surface area contributed by atoms with Gasteiger partial charge in [0.15, 0.2) is 0 Å². The maximum Gasteiger partial charge on any atom is 0.272 e. The van der Waals surface area contributed by atoms with Gasteiger partial charge in [-0.3, -0.25) is 18.8 Å². The van der Waals surface area contributed by atoms with Gasteiger partial charge in [-0.05, 0) is 23.8 Å². The number of nitrogens with zero attached hydrogens (tertiary/aromatic N) is 3. The molecule has 33 heavy (non-hydrogen) atoms. The molecule has 174 valence electrons. The number of carbonyl (C=O) groups excluding carboxylic acids is 2. The second-order valence-electron chi connectivity index (χ2n) is 8.38. The lowest BCUT2D eigenvalue weighted by Gasteiger charge is -2.35. The number of hydrogen-bond donors (Lipinski definition) is 1. The summed E-state index contributed by atoms with van der Waals surface area (Å²) in [7, 11) is 0. The van der Waals surface area contributed by atoms with Gasteiger partial charge in [-0.1, -0.05) is 43.1 Å². The largest absolute Gasteiger partial charge is 0.339 e. The van der Waals surface area contributed by atoms with Gasteiger partial charge in [0.05, 0.1) is 10.6 Å². The van der Waals surface area contributed by atoms with Crippen molar-refractivity contribution in [2.75, 3.05) is 26.2 Å². The minimum atomic E-state index is -0.613. The Kier molecular flexibility index (Phi) is 6.50. The molecule has 0 atom stereocenters. The van der Waals surface area contributed by atoms with Crippen LogP contribution in [0.2, 0.25) is 10.2 Å². The molecule has 0 aliphatic carbocycles. The Balaban J connectivity index is 1.57. The second-order valence-corrected chi connectivity index (χ2v) is 9.14. The van der Waals surface area contributed by atoms with Gasteiger partial charge in [-0.25, -0.2) is 4.39 Å². The Bertz CT molecular complexity index is 1290. The first kappa shape index (κ1) is 23.3. The number of rotatable bonds is 4. The Morgan fingerprint density at radius 2 is 1.76 bits per heavy atom. The van der Waals surface area contributed by atoms with Crippen molar-refractivity contribution >= 4 is 40.5 Å². The van der Waals surface area contributed by atoms with Crippen LogP contribution in [0.5, 0.6) is 0 Å². The molecule has 10 heteroatoms. The molecule has 1 aliphatic heterocycles. The highest BCUT2D eigenvalue weighted by atomic mass is 35.5. The van der Waals surface area contributed by atoms with E-state index < -0.39 is 11.7 Å². The fourth-order valence-electron chi connectivity index (χ4n) is 4.04. The number of benzene rings is 1. The van der Waals surface area contributed by atoms with Gasteiger partial charge in [-0.15, -0.1) is 0 Å². The summed E-state index contributed by atoms with van der Waals surface area (Å²) in [4.78, 5) is 43.3. The summed E-state index contributed by atoms with van der Waals surface area (Å²) in [5, 5.41) is 0.458. The molecular formula is C23H23Cl2FN4O3. The molecule has 1 fully saturated rings. The molecule has 2 amide bonds. The number of hydrogen-bond acceptors (Lipinski definition) is 3. The van der Waals surface area contributed by atoms with Gasteiger partial charge in [0.1, 0.15) is 16.5 Å². The zero-order chi connectivity index (χ0) is 23.9. The van der Waals surface area contributed by atoms with Crippen molar-refractivity contribution in [3.8, 4) is 0 Å². The van der Waals surface area contributed by atoms with Gasteiger partial charge in [-0.2, -0.15) is 0 Å². The lowest BCUT2D eigenvalue weighted by molar-refractivity contribution is -0.135. The van der Waals surface area contributed by atoms with Crippen LogP contribution in [0.3, 0.4) is 0 Å². The predicted octanol–water partition coefficient (Wildman–Crippen LogP) is 3.60. The summed E-state index contributed by atoms with van der Waals surface area (Å²) in [5.74, 6) is -1.09. The van der Waals surface area contributed by atoms with E-state index in [0.29, 0.717) is 43.0 Å². The van der Waals surface area contributed by atoms with E-state index in [2.05, 4.69) is 4.98 Å². The second kappa shape index (κ2) is 9.19. The third-order valence-corrected chi connectivity index (χ3v) is 6.56. The maximum atomic E-state index is 14.6. The Morgan fingerprint density at radius 1 is 1.09 bits per heavy atom. The van der Waals surface area contributed by atoms with Crippen molar-refractivity contribution in [2.45, 2.75) is 20.3 Å². The molecular weight excluding hydrogens is 470 g/mol. The van der Waals surface area contributed by atoms with Crippen LogP contribution in [0.25, 0.3) is 5.52 Å². The summed E-state index contributed by atoms with van der Waals surface area (Å²) in [6.07, 6.45) is 1.81. The third kappa shape index (κ3) is 4.50. The standard InChI is InChI=1S/C23H23Cl2FN4O3/c1-13(2)22(32)28-5-7-29(8-6-28)23(33)16-10-14(3-4-18(16)26)9-15-12-27-21(31)19-11-17(24)20(25)30(15)19/h3-4,10-13H,5-9H2,1-2H3,(H,27,31). The van der Waals surface area contributed by atoms with Crippen LogP contribution in [-0.2, 0) is 11.2 Å². The average molecular weight is 493 g/mol. The molecule has 1 saturated heterocycles. The lowest BCUT2D eigenvalue weighted by Crippen LogP contribution is -2.51. The van der Waals surface area contributed by atoms with Crippen molar-refractivity contribution in [3.63, 3.8) is 0 Å². The predicted molar refractivity (Wildman–Crippen MR) is 125 cm³/mol. The van der Waals surface area contributed by atoms with Crippen LogP contribution in [0.15, 0.2) is 35.3 Å². The third-order valence-electron chi connectivity index (χ3n) is 5.81.